The van der Waals surface area contributed by atoms with Crippen LogP contribution in [0.2, 0.25) is 0 Å². The highest BCUT2D eigenvalue weighted by molar-refractivity contribution is 5.86. The van der Waals surface area contributed by atoms with Crippen molar-refractivity contribution in [3.63, 3.8) is 0 Å². The lowest BCUT2D eigenvalue weighted by Gasteiger charge is -2.02. The fraction of sp³-hybridized carbons (Fsp3) is 0.455. The summed E-state index contributed by atoms with van der Waals surface area (Å²) in [7, 11) is 0. The van der Waals surface area contributed by atoms with Crippen molar-refractivity contribution < 1.29 is 4.79 Å². The second-order valence-electron chi connectivity index (χ2n) is 3.95. The number of anilines is 1. The summed E-state index contributed by atoms with van der Waals surface area (Å²) in [6, 6.07) is 1.84. The van der Waals surface area contributed by atoms with Gasteiger partial charge in [-0.05, 0) is 13.3 Å². The number of carbonyl (C=O) groups is 1. The van der Waals surface area contributed by atoms with Crippen LogP contribution in [0.4, 0.5) is 5.95 Å². The summed E-state index contributed by atoms with van der Waals surface area (Å²) in [5.41, 5.74) is 1.62. The van der Waals surface area contributed by atoms with E-state index < -0.39 is 0 Å². The first-order valence-corrected chi connectivity index (χ1v) is 5.61. The van der Waals surface area contributed by atoms with Crippen LogP contribution in [0.3, 0.4) is 0 Å². The molecule has 0 aliphatic rings. The average molecular weight is 233 g/mol. The molecular formula is C11H15N5O. The molecule has 0 aliphatic carbocycles. The summed E-state index contributed by atoms with van der Waals surface area (Å²) < 4.78 is 1.68. The van der Waals surface area contributed by atoms with Crippen LogP contribution in [0.1, 0.15) is 31.8 Å². The summed E-state index contributed by atoms with van der Waals surface area (Å²) in [5, 5.41) is 6.80. The largest absolute Gasteiger partial charge is 0.293 e. The smallest absolute Gasteiger partial charge is 0.249 e. The first-order chi connectivity index (χ1) is 8.10. The van der Waals surface area contributed by atoms with E-state index in [9.17, 15) is 4.79 Å². The number of rotatable bonds is 3. The lowest BCUT2D eigenvalue weighted by molar-refractivity contribution is -0.114. The van der Waals surface area contributed by atoms with Gasteiger partial charge in [0, 0.05) is 25.1 Å². The zero-order chi connectivity index (χ0) is 12.4. The first-order valence-electron chi connectivity index (χ1n) is 5.61. The van der Waals surface area contributed by atoms with Gasteiger partial charge in [-0.2, -0.15) is 9.50 Å². The highest BCUT2D eigenvalue weighted by atomic mass is 16.1. The van der Waals surface area contributed by atoms with E-state index in [4.69, 9.17) is 0 Å². The quantitative estimate of drug-likeness (QED) is 0.868. The maximum atomic E-state index is 11.0. The molecule has 1 amide bonds. The van der Waals surface area contributed by atoms with E-state index in [-0.39, 0.29) is 5.91 Å². The van der Waals surface area contributed by atoms with Crippen molar-refractivity contribution in [3.05, 3.63) is 17.6 Å². The van der Waals surface area contributed by atoms with E-state index in [0.29, 0.717) is 11.6 Å². The second kappa shape index (κ2) is 4.48. The molecule has 0 saturated carbocycles. The lowest BCUT2D eigenvalue weighted by atomic mass is 10.3. The van der Waals surface area contributed by atoms with Crippen LogP contribution in [0.25, 0.3) is 5.65 Å². The highest BCUT2D eigenvalue weighted by Crippen LogP contribution is 2.10. The van der Waals surface area contributed by atoms with Crippen molar-refractivity contribution in [2.24, 2.45) is 0 Å². The summed E-state index contributed by atoms with van der Waals surface area (Å²) in [4.78, 5) is 19.6. The number of amides is 1. The summed E-state index contributed by atoms with van der Waals surface area (Å²) in [6.45, 7) is 5.44. The molecule has 2 heterocycles. The second-order valence-corrected chi connectivity index (χ2v) is 3.95. The molecule has 0 aromatic carbocycles. The Morgan fingerprint density at radius 3 is 2.88 bits per heavy atom. The van der Waals surface area contributed by atoms with Gasteiger partial charge in [-0.25, -0.2) is 4.98 Å². The predicted molar refractivity (Wildman–Crippen MR) is 63.8 cm³/mol. The minimum Gasteiger partial charge on any atom is -0.293 e. The molecule has 6 heteroatoms. The van der Waals surface area contributed by atoms with Crippen LogP contribution < -0.4 is 5.32 Å². The molecule has 6 nitrogen and oxygen atoms in total. The van der Waals surface area contributed by atoms with Gasteiger partial charge in [0.2, 0.25) is 11.9 Å². The van der Waals surface area contributed by atoms with E-state index in [0.717, 1.165) is 24.4 Å². The van der Waals surface area contributed by atoms with Gasteiger partial charge in [0.1, 0.15) is 5.82 Å². The van der Waals surface area contributed by atoms with Crippen molar-refractivity contribution >= 4 is 17.5 Å². The fourth-order valence-corrected chi connectivity index (χ4v) is 1.67. The number of aromatic nitrogens is 4. The molecule has 0 fully saturated rings. The minimum absolute atomic E-state index is 0.178. The normalized spacial score (nSPS) is 10.8. The van der Waals surface area contributed by atoms with Gasteiger partial charge in [-0.3, -0.25) is 10.1 Å². The van der Waals surface area contributed by atoms with E-state index >= 15 is 0 Å². The molecule has 0 atom stereocenters. The Bertz CT molecular complexity index is 560. The SMILES string of the molecule is CCCc1nc(C)cc2nc(NC(C)=O)nn12. The zero-order valence-corrected chi connectivity index (χ0v) is 10.2. The Kier molecular flexibility index (Phi) is 3.03. The molecule has 17 heavy (non-hydrogen) atoms. The van der Waals surface area contributed by atoms with Crippen LogP contribution >= 0.6 is 0 Å². The third-order valence-electron chi connectivity index (χ3n) is 2.28. The molecule has 0 aliphatic heterocycles. The van der Waals surface area contributed by atoms with E-state index in [1.807, 2.05) is 13.0 Å². The summed E-state index contributed by atoms with van der Waals surface area (Å²) >= 11 is 0. The average Bonchev–Trinajstić information content (AvgIpc) is 2.59. The number of nitrogens with zero attached hydrogens (tertiary/aromatic N) is 4. The Balaban J connectivity index is 2.50. The van der Waals surface area contributed by atoms with Crippen LogP contribution in [0.15, 0.2) is 6.07 Å². The molecule has 90 valence electrons. The van der Waals surface area contributed by atoms with Gasteiger partial charge < -0.3 is 0 Å². The number of nitrogens with one attached hydrogen (secondary N) is 1. The number of carbonyl (C=O) groups excluding carboxylic acids is 1. The molecule has 0 bridgehead atoms. The molecule has 2 aromatic heterocycles. The topological polar surface area (TPSA) is 72.2 Å². The third kappa shape index (κ3) is 2.41. The van der Waals surface area contributed by atoms with Gasteiger partial charge in [-0.1, -0.05) is 6.92 Å². The highest BCUT2D eigenvalue weighted by Gasteiger charge is 2.09. The van der Waals surface area contributed by atoms with Crippen molar-refractivity contribution in [3.8, 4) is 0 Å². The van der Waals surface area contributed by atoms with Crippen LogP contribution in [0.5, 0.6) is 0 Å². The molecule has 0 unspecified atom stereocenters. The van der Waals surface area contributed by atoms with Gasteiger partial charge in [0.05, 0.1) is 0 Å². The van der Waals surface area contributed by atoms with Gasteiger partial charge in [0.25, 0.3) is 0 Å². The molecule has 0 spiro atoms. The third-order valence-corrected chi connectivity index (χ3v) is 2.28. The van der Waals surface area contributed by atoms with Gasteiger partial charge in [0.15, 0.2) is 5.65 Å². The molecule has 2 aromatic rings. The van der Waals surface area contributed by atoms with Crippen molar-refractivity contribution in [2.45, 2.75) is 33.6 Å². The lowest BCUT2D eigenvalue weighted by Crippen LogP contribution is -2.08. The summed E-state index contributed by atoms with van der Waals surface area (Å²) in [6.07, 6.45) is 1.82. The minimum atomic E-state index is -0.178. The Morgan fingerprint density at radius 2 is 2.24 bits per heavy atom. The Hall–Kier alpha value is -1.98. The monoisotopic (exact) mass is 233 g/mol. The predicted octanol–water partition coefficient (Wildman–Crippen LogP) is 1.34. The number of fused-ring (bicyclic) bond motifs is 1. The van der Waals surface area contributed by atoms with Crippen molar-refractivity contribution in [1.82, 2.24) is 19.6 Å². The van der Waals surface area contributed by atoms with E-state index in [2.05, 4.69) is 27.3 Å². The number of hydrogen-bond acceptors (Lipinski definition) is 4. The Morgan fingerprint density at radius 1 is 1.47 bits per heavy atom. The number of hydrogen-bond donors (Lipinski definition) is 1. The van der Waals surface area contributed by atoms with E-state index in [1.165, 1.54) is 6.92 Å². The Labute approximate surface area is 99.1 Å². The van der Waals surface area contributed by atoms with Crippen LogP contribution in [-0.2, 0) is 11.2 Å². The molecule has 0 radical (unpaired) electrons. The standard InChI is InChI=1S/C11H15N5O/c1-4-5-9-12-7(2)6-10-14-11(13-8(3)17)15-16(9)10/h6H,4-5H2,1-3H3,(H,13,15,17). The molecule has 2 rings (SSSR count). The molecule has 0 saturated heterocycles. The first kappa shape index (κ1) is 11.5. The van der Waals surface area contributed by atoms with Crippen molar-refractivity contribution in [1.29, 1.82) is 0 Å². The molecular weight excluding hydrogens is 218 g/mol. The van der Waals surface area contributed by atoms with E-state index in [1.54, 1.807) is 4.52 Å². The molecule has 1 N–H and O–H groups in total. The summed E-state index contributed by atoms with van der Waals surface area (Å²) in [5.74, 6) is 1.01. The van der Waals surface area contributed by atoms with Crippen molar-refractivity contribution in [2.75, 3.05) is 5.32 Å². The van der Waals surface area contributed by atoms with Crippen LogP contribution in [-0.4, -0.2) is 25.5 Å². The number of aryl methyl sites for hydroxylation is 2. The van der Waals surface area contributed by atoms with Crippen LogP contribution in [0, 0.1) is 6.92 Å². The maximum Gasteiger partial charge on any atom is 0.249 e. The fourth-order valence-electron chi connectivity index (χ4n) is 1.67. The zero-order valence-electron chi connectivity index (χ0n) is 10.2. The maximum absolute atomic E-state index is 11.0. The van der Waals surface area contributed by atoms with Gasteiger partial charge >= 0.3 is 0 Å². The van der Waals surface area contributed by atoms with Gasteiger partial charge in [-0.15, -0.1) is 5.10 Å².